The Balaban J connectivity index is 2.44. The maximum absolute atomic E-state index is 6.07. The van der Waals surface area contributed by atoms with Gasteiger partial charge in [0.05, 0.1) is 0 Å². The first-order valence-corrected chi connectivity index (χ1v) is 6.31. The Labute approximate surface area is 109 Å². The fourth-order valence-corrected chi connectivity index (χ4v) is 1.98. The van der Waals surface area contributed by atoms with Crippen molar-refractivity contribution in [2.75, 3.05) is 0 Å². The zero-order chi connectivity index (χ0) is 13.2. The second-order valence-electron chi connectivity index (χ2n) is 5.62. The van der Waals surface area contributed by atoms with Crippen LogP contribution in [0, 0.1) is 6.92 Å². The van der Waals surface area contributed by atoms with Gasteiger partial charge in [-0.15, -0.1) is 0 Å². The molecule has 0 aliphatic carbocycles. The molecule has 0 aliphatic rings. The van der Waals surface area contributed by atoms with Crippen molar-refractivity contribution in [2.24, 2.45) is 0 Å². The molecule has 0 radical (unpaired) electrons. The second kappa shape index (κ2) is 4.85. The van der Waals surface area contributed by atoms with Gasteiger partial charge in [-0.3, -0.25) is 0 Å². The van der Waals surface area contributed by atoms with E-state index in [9.17, 15) is 0 Å². The van der Waals surface area contributed by atoms with Crippen molar-refractivity contribution in [1.82, 2.24) is 0 Å². The van der Waals surface area contributed by atoms with Crippen molar-refractivity contribution >= 4 is 0 Å². The number of para-hydroxylation sites is 2. The average Bonchev–Trinajstić information content (AvgIpc) is 2.32. The third-order valence-corrected chi connectivity index (χ3v) is 2.98. The Bertz CT molecular complexity index is 521. The molecule has 2 aromatic carbocycles. The van der Waals surface area contributed by atoms with Gasteiger partial charge in [0, 0.05) is 5.56 Å². The molecule has 2 aromatic rings. The quantitative estimate of drug-likeness (QED) is 0.711. The van der Waals surface area contributed by atoms with Gasteiger partial charge in [-0.2, -0.15) is 0 Å². The third kappa shape index (κ3) is 2.73. The van der Waals surface area contributed by atoms with E-state index in [1.54, 1.807) is 0 Å². The summed E-state index contributed by atoms with van der Waals surface area (Å²) < 4.78 is 6.07. The highest BCUT2D eigenvalue weighted by atomic mass is 16.5. The van der Waals surface area contributed by atoms with E-state index in [0.717, 1.165) is 11.5 Å². The molecule has 94 valence electrons. The fraction of sp³-hybridized carbons (Fsp3) is 0.294. The summed E-state index contributed by atoms with van der Waals surface area (Å²) in [6, 6.07) is 16.3. The van der Waals surface area contributed by atoms with E-state index in [0.29, 0.717) is 0 Å². The first kappa shape index (κ1) is 12.7. The topological polar surface area (TPSA) is 9.23 Å². The minimum Gasteiger partial charge on any atom is -0.457 e. The first-order chi connectivity index (χ1) is 8.48. The van der Waals surface area contributed by atoms with Gasteiger partial charge in [0.1, 0.15) is 11.5 Å². The van der Waals surface area contributed by atoms with E-state index in [2.05, 4.69) is 45.9 Å². The van der Waals surface area contributed by atoms with Crippen molar-refractivity contribution in [3.05, 3.63) is 59.7 Å². The first-order valence-electron chi connectivity index (χ1n) is 6.31. The monoisotopic (exact) mass is 240 g/mol. The normalized spacial score (nSPS) is 11.3. The van der Waals surface area contributed by atoms with Gasteiger partial charge in [-0.05, 0) is 30.0 Å². The summed E-state index contributed by atoms with van der Waals surface area (Å²) in [7, 11) is 0. The van der Waals surface area contributed by atoms with Crippen LogP contribution in [0.3, 0.4) is 0 Å². The summed E-state index contributed by atoms with van der Waals surface area (Å²) in [5.41, 5.74) is 2.49. The molecule has 0 N–H and O–H groups in total. The Kier molecular flexibility index (Phi) is 3.42. The van der Waals surface area contributed by atoms with E-state index in [4.69, 9.17) is 4.74 Å². The highest BCUT2D eigenvalue weighted by Crippen LogP contribution is 2.36. The van der Waals surface area contributed by atoms with Crippen LogP contribution in [0.4, 0.5) is 0 Å². The molecule has 18 heavy (non-hydrogen) atoms. The molecule has 0 atom stereocenters. The van der Waals surface area contributed by atoms with Gasteiger partial charge in [0.2, 0.25) is 0 Å². The zero-order valence-electron chi connectivity index (χ0n) is 11.5. The summed E-state index contributed by atoms with van der Waals surface area (Å²) in [6.07, 6.45) is 0. The predicted octanol–water partition coefficient (Wildman–Crippen LogP) is 5.08. The van der Waals surface area contributed by atoms with Crippen LogP contribution in [0.2, 0.25) is 0 Å². The Morgan fingerprint density at radius 2 is 1.50 bits per heavy atom. The predicted molar refractivity (Wildman–Crippen MR) is 76.4 cm³/mol. The smallest absolute Gasteiger partial charge is 0.134 e. The average molecular weight is 240 g/mol. The van der Waals surface area contributed by atoms with Gasteiger partial charge < -0.3 is 4.74 Å². The number of ether oxygens (including phenoxy) is 1. The van der Waals surface area contributed by atoms with Crippen molar-refractivity contribution in [3.8, 4) is 11.5 Å². The van der Waals surface area contributed by atoms with Gasteiger partial charge in [-0.1, -0.05) is 57.2 Å². The summed E-state index contributed by atoms with van der Waals surface area (Å²) in [6.45, 7) is 8.71. The zero-order valence-corrected chi connectivity index (χ0v) is 11.5. The van der Waals surface area contributed by atoms with Crippen molar-refractivity contribution in [3.63, 3.8) is 0 Å². The minimum atomic E-state index is 0.0795. The van der Waals surface area contributed by atoms with E-state index in [1.165, 1.54) is 11.1 Å². The maximum Gasteiger partial charge on any atom is 0.134 e. The Hall–Kier alpha value is -1.76. The van der Waals surface area contributed by atoms with E-state index in [-0.39, 0.29) is 5.41 Å². The molecule has 0 saturated carbocycles. The molecule has 0 amide bonds. The van der Waals surface area contributed by atoms with Gasteiger partial charge in [0.25, 0.3) is 0 Å². The Morgan fingerprint density at radius 1 is 0.833 bits per heavy atom. The molecule has 0 bridgehead atoms. The molecule has 0 saturated heterocycles. The van der Waals surface area contributed by atoms with Gasteiger partial charge in [0.15, 0.2) is 0 Å². The summed E-state index contributed by atoms with van der Waals surface area (Å²) in [5.74, 6) is 1.87. The molecule has 0 unspecified atom stereocenters. The number of hydrogen-bond acceptors (Lipinski definition) is 1. The largest absolute Gasteiger partial charge is 0.457 e. The lowest BCUT2D eigenvalue weighted by Gasteiger charge is -2.24. The third-order valence-electron chi connectivity index (χ3n) is 2.98. The van der Waals surface area contributed by atoms with Crippen LogP contribution in [0.5, 0.6) is 11.5 Å². The number of hydrogen-bond donors (Lipinski definition) is 0. The minimum absolute atomic E-state index is 0.0795. The van der Waals surface area contributed by atoms with Crippen LogP contribution < -0.4 is 4.74 Å². The standard InChI is InChI=1S/C17H20O/c1-13-9-8-12-15(17(2,3)4)16(13)18-14-10-6-5-7-11-14/h5-12H,1-4H3. The molecule has 0 spiro atoms. The summed E-state index contributed by atoms with van der Waals surface area (Å²) in [4.78, 5) is 0. The SMILES string of the molecule is Cc1cccc(C(C)(C)C)c1Oc1ccccc1. The molecule has 0 fully saturated rings. The lowest BCUT2D eigenvalue weighted by Crippen LogP contribution is -2.13. The molecule has 0 heterocycles. The molecule has 0 aliphatic heterocycles. The molecule has 2 rings (SSSR count). The van der Waals surface area contributed by atoms with E-state index < -0.39 is 0 Å². The summed E-state index contributed by atoms with van der Waals surface area (Å²) >= 11 is 0. The van der Waals surface area contributed by atoms with Crippen molar-refractivity contribution in [1.29, 1.82) is 0 Å². The highest BCUT2D eigenvalue weighted by molar-refractivity contribution is 5.46. The van der Waals surface area contributed by atoms with Crippen LogP contribution >= 0.6 is 0 Å². The molecule has 1 nitrogen and oxygen atoms in total. The molecular formula is C17H20O. The van der Waals surface area contributed by atoms with Crippen LogP contribution in [-0.2, 0) is 5.41 Å². The van der Waals surface area contributed by atoms with Crippen LogP contribution in [0.15, 0.2) is 48.5 Å². The van der Waals surface area contributed by atoms with Crippen LogP contribution in [0.25, 0.3) is 0 Å². The van der Waals surface area contributed by atoms with Gasteiger partial charge in [-0.25, -0.2) is 0 Å². The summed E-state index contributed by atoms with van der Waals surface area (Å²) in [5, 5.41) is 0. The van der Waals surface area contributed by atoms with E-state index >= 15 is 0 Å². The van der Waals surface area contributed by atoms with E-state index in [1.807, 2.05) is 30.3 Å². The molecule has 0 aromatic heterocycles. The second-order valence-corrected chi connectivity index (χ2v) is 5.62. The van der Waals surface area contributed by atoms with Crippen LogP contribution in [0.1, 0.15) is 31.9 Å². The highest BCUT2D eigenvalue weighted by Gasteiger charge is 2.20. The number of benzene rings is 2. The van der Waals surface area contributed by atoms with Crippen molar-refractivity contribution in [2.45, 2.75) is 33.1 Å². The fourth-order valence-electron chi connectivity index (χ4n) is 1.98. The van der Waals surface area contributed by atoms with Crippen molar-refractivity contribution < 1.29 is 4.74 Å². The lowest BCUT2D eigenvalue weighted by atomic mass is 9.85. The van der Waals surface area contributed by atoms with Crippen LogP contribution in [-0.4, -0.2) is 0 Å². The molecular weight excluding hydrogens is 220 g/mol. The number of rotatable bonds is 2. The maximum atomic E-state index is 6.07. The Morgan fingerprint density at radius 3 is 2.11 bits per heavy atom. The lowest BCUT2D eigenvalue weighted by molar-refractivity contribution is 0.452. The number of aryl methyl sites for hydroxylation is 1. The van der Waals surface area contributed by atoms with Gasteiger partial charge >= 0.3 is 0 Å². The molecule has 1 heteroatoms.